The van der Waals surface area contributed by atoms with E-state index in [1.54, 1.807) is 24.3 Å². The third-order valence-corrected chi connectivity index (χ3v) is 4.48. The van der Waals surface area contributed by atoms with Crippen LogP contribution in [0.3, 0.4) is 0 Å². The van der Waals surface area contributed by atoms with Crippen molar-refractivity contribution in [3.8, 4) is 0 Å². The topological polar surface area (TPSA) is 94.5 Å². The summed E-state index contributed by atoms with van der Waals surface area (Å²) in [5, 5.41) is 5.25. The maximum Gasteiger partial charge on any atom is 0.254 e. The lowest BCUT2D eigenvalue weighted by molar-refractivity contribution is 0.742. The molecular formula is C16H18ClN5OS. The van der Waals surface area contributed by atoms with E-state index >= 15 is 0 Å². The smallest absolute Gasteiger partial charge is 0.254 e. The summed E-state index contributed by atoms with van der Waals surface area (Å²) in [4.78, 5) is 22.7. The summed E-state index contributed by atoms with van der Waals surface area (Å²) in [7, 11) is 0. The van der Waals surface area contributed by atoms with Crippen molar-refractivity contribution in [2.45, 2.75) is 43.6 Å². The fourth-order valence-electron chi connectivity index (χ4n) is 2.32. The molecule has 0 bridgehead atoms. The van der Waals surface area contributed by atoms with Gasteiger partial charge in [0.05, 0.1) is 5.69 Å². The highest BCUT2D eigenvalue weighted by Gasteiger charge is 2.21. The molecule has 2 rings (SSSR count). The number of hydrogen-bond acceptors (Lipinski definition) is 4. The van der Waals surface area contributed by atoms with Crippen molar-refractivity contribution in [3.63, 3.8) is 0 Å². The lowest BCUT2D eigenvalue weighted by Crippen LogP contribution is -2.20. The van der Waals surface area contributed by atoms with Gasteiger partial charge in [0.2, 0.25) is 0 Å². The monoisotopic (exact) mass is 363 g/mol. The third kappa shape index (κ3) is 4.32. The number of halogens is 1. The highest BCUT2D eigenvalue weighted by molar-refractivity contribution is 7.99. The van der Waals surface area contributed by atoms with Crippen LogP contribution >= 0.6 is 23.4 Å². The molecule has 126 valence electrons. The predicted molar refractivity (Wildman–Crippen MR) is 97.7 cm³/mol. The number of H-pyrrole nitrogens is 1. The Hall–Kier alpha value is -1.95. The standard InChI is InChI=1S/C16H18ClN5OS/c1-4-12-14(19-16(20-15(12)23)24-9(2)3)13(21-22-18)10-5-7-11(17)8-6-10/h5-9,13H,4H2,1-3H3,(H,19,20,23). The van der Waals surface area contributed by atoms with Gasteiger partial charge in [-0.25, -0.2) is 4.98 Å². The molecule has 0 saturated carbocycles. The second-order valence-corrected chi connectivity index (χ2v) is 7.42. The van der Waals surface area contributed by atoms with Crippen LogP contribution in [0, 0.1) is 0 Å². The fraction of sp³-hybridized carbons (Fsp3) is 0.375. The Morgan fingerprint density at radius 1 is 1.38 bits per heavy atom. The predicted octanol–water partition coefficient (Wildman–Crippen LogP) is 4.89. The molecule has 0 amide bonds. The molecule has 1 aromatic heterocycles. The Bertz CT molecular complexity index is 812. The Labute approximate surface area is 149 Å². The minimum Gasteiger partial charge on any atom is -0.301 e. The van der Waals surface area contributed by atoms with Crippen LogP contribution in [0.15, 0.2) is 39.3 Å². The molecular weight excluding hydrogens is 346 g/mol. The Balaban J connectivity index is 2.63. The number of rotatable bonds is 6. The molecule has 0 radical (unpaired) electrons. The molecule has 0 fully saturated rings. The Morgan fingerprint density at radius 3 is 2.58 bits per heavy atom. The van der Waals surface area contributed by atoms with Gasteiger partial charge in [-0.15, -0.1) is 0 Å². The van der Waals surface area contributed by atoms with E-state index in [1.165, 1.54) is 11.8 Å². The normalized spacial score (nSPS) is 12.0. The number of nitrogens with one attached hydrogen (secondary N) is 1. The molecule has 0 spiro atoms. The van der Waals surface area contributed by atoms with Crippen molar-refractivity contribution in [1.29, 1.82) is 0 Å². The second-order valence-electron chi connectivity index (χ2n) is 5.41. The van der Waals surface area contributed by atoms with Crippen LogP contribution in [0.2, 0.25) is 5.02 Å². The van der Waals surface area contributed by atoms with E-state index in [4.69, 9.17) is 17.1 Å². The minimum absolute atomic E-state index is 0.197. The van der Waals surface area contributed by atoms with Crippen LogP contribution in [-0.2, 0) is 6.42 Å². The van der Waals surface area contributed by atoms with Gasteiger partial charge >= 0.3 is 0 Å². The highest BCUT2D eigenvalue weighted by Crippen LogP contribution is 2.29. The number of nitrogens with zero attached hydrogens (tertiary/aromatic N) is 4. The summed E-state index contributed by atoms with van der Waals surface area (Å²) in [5.41, 5.74) is 10.5. The largest absolute Gasteiger partial charge is 0.301 e. The number of benzene rings is 1. The van der Waals surface area contributed by atoms with Gasteiger partial charge in [0, 0.05) is 20.7 Å². The van der Waals surface area contributed by atoms with Crippen LogP contribution in [0.1, 0.15) is 43.6 Å². The molecule has 1 unspecified atom stereocenters. The maximum absolute atomic E-state index is 12.4. The van der Waals surface area contributed by atoms with Crippen molar-refractivity contribution >= 4 is 23.4 Å². The van der Waals surface area contributed by atoms with Gasteiger partial charge in [-0.2, -0.15) is 0 Å². The van der Waals surface area contributed by atoms with Crippen molar-refractivity contribution < 1.29 is 0 Å². The average molecular weight is 364 g/mol. The van der Waals surface area contributed by atoms with Gasteiger partial charge < -0.3 is 4.98 Å². The Kier molecular flexibility index (Phi) is 6.31. The molecule has 0 aliphatic heterocycles. The van der Waals surface area contributed by atoms with Crippen LogP contribution < -0.4 is 5.56 Å². The van der Waals surface area contributed by atoms with Crippen LogP contribution in [0.25, 0.3) is 10.4 Å². The molecule has 2 aromatic rings. The molecule has 8 heteroatoms. The van der Waals surface area contributed by atoms with Gasteiger partial charge in [0.1, 0.15) is 6.04 Å². The zero-order valence-electron chi connectivity index (χ0n) is 13.7. The van der Waals surface area contributed by atoms with Crippen LogP contribution in [-0.4, -0.2) is 15.2 Å². The zero-order valence-corrected chi connectivity index (χ0v) is 15.2. The molecule has 0 aliphatic carbocycles. The van der Waals surface area contributed by atoms with E-state index in [9.17, 15) is 4.79 Å². The van der Waals surface area contributed by atoms with Crippen molar-refractivity contribution in [2.24, 2.45) is 5.11 Å². The van der Waals surface area contributed by atoms with E-state index < -0.39 is 6.04 Å². The lowest BCUT2D eigenvalue weighted by atomic mass is 10.00. The number of hydrogen-bond donors (Lipinski definition) is 1. The average Bonchev–Trinajstić information content (AvgIpc) is 2.52. The summed E-state index contributed by atoms with van der Waals surface area (Å²) in [5.74, 6) is 0. The summed E-state index contributed by atoms with van der Waals surface area (Å²) >= 11 is 7.38. The molecule has 1 heterocycles. The summed E-state index contributed by atoms with van der Waals surface area (Å²) in [6.45, 7) is 5.91. The fourth-order valence-corrected chi connectivity index (χ4v) is 3.19. The van der Waals surface area contributed by atoms with Gasteiger partial charge in [-0.05, 0) is 29.6 Å². The summed E-state index contributed by atoms with van der Waals surface area (Å²) < 4.78 is 0. The number of aromatic amines is 1. The van der Waals surface area contributed by atoms with E-state index in [1.807, 2.05) is 20.8 Å². The summed E-state index contributed by atoms with van der Waals surface area (Å²) in [6.07, 6.45) is 0.495. The molecule has 0 saturated heterocycles. The molecule has 1 atom stereocenters. The SMILES string of the molecule is CCc1c(C(N=[N+]=[N-])c2ccc(Cl)cc2)nc(SC(C)C)[nH]c1=O. The number of thioether (sulfide) groups is 1. The first-order chi connectivity index (χ1) is 11.5. The molecule has 1 aromatic carbocycles. The highest BCUT2D eigenvalue weighted by atomic mass is 35.5. The first-order valence-corrected chi connectivity index (χ1v) is 8.81. The van der Waals surface area contributed by atoms with Gasteiger partial charge in [0.25, 0.3) is 5.56 Å². The van der Waals surface area contributed by atoms with Gasteiger partial charge in [-0.1, -0.05) is 61.4 Å². The maximum atomic E-state index is 12.4. The first-order valence-electron chi connectivity index (χ1n) is 7.55. The number of aromatic nitrogens is 2. The minimum atomic E-state index is -0.670. The third-order valence-electron chi connectivity index (χ3n) is 3.34. The van der Waals surface area contributed by atoms with Crippen molar-refractivity contribution in [2.75, 3.05) is 0 Å². The quantitative estimate of drug-likeness (QED) is 0.260. The van der Waals surface area contributed by atoms with Crippen molar-refractivity contribution in [3.05, 3.63) is 66.9 Å². The van der Waals surface area contributed by atoms with E-state index in [0.717, 1.165) is 5.56 Å². The summed E-state index contributed by atoms with van der Waals surface area (Å²) in [6, 6.07) is 6.33. The number of azide groups is 1. The van der Waals surface area contributed by atoms with Gasteiger partial charge in [0.15, 0.2) is 5.16 Å². The van der Waals surface area contributed by atoms with E-state index in [0.29, 0.717) is 27.9 Å². The van der Waals surface area contributed by atoms with E-state index in [-0.39, 0.29) is 10.8 Å². The molecule has 1 N–H and O–H groups in total. The van der Waals surface area contributed by atoms with Gasteiger partial charge in [-0.3, -0.25) is 4.79 Å². The van der Waals surface area contributed by atoms with Crippen molar-refractivity contribution in [1.82, 2.24) is 9.97 Å². The Morgan fingerprint density at radius 2 is 2.04 bits per heavy atom. The molecule has 24 heavy (non-hydrogen) atoms. The lowest BCUT2D eigenvalue weighted by Gasteiger charge is -2.16. The first kappa shape index (κ1) is 18.4. The molecule has 0 aliphatic rings. The van der Waals surface area contributed by atoms with E-state index in [2.05, 4.69) is 20.0 Å². The van der Waals surface area contributed by atoms with Crippen LogP contribution in [0.4, 0.5) is 0 Å². The van der Waals surface area contributed by atoms with Crippen LogP contribution in [0.5, 0.6) is 0 Å². The molecule has 6 nitrogen and oxygen atoms in total. The zero-order chi connectivity index (χ0) is 17.7. The second kappa shape index (κ2) is 8.24.